The highest BCUT2D eigenvalue weighted by molar-refractivity contribution is 5.75. The fourth-order valence-corrected chi connectivity index (χ4v) is 1.16. The van der Waals surface area contributed by atoms with Gasteiger partial charge in [0.15, 0.2) is 6.29 Å². The molecule has 0 atom stereocenters. The van der Waals surface area contributed by atoms with E-state index in [2.05, 4.69) is 5.10 Å². The molecule has 0 N–H and O–H groups in total. The molecule has 15 heavy (non-hydrogen) atoms. The van der Waals surface area contributed by atoms with Gasteiger partial charge in [0.1, 0.15) is 0 Å². The molecule has 1 heterocycles. The Morgan fingerprint density at radius 1 is 1.53 bits per heavy atom. The Morgan fingerprint density at radius 3 is 2.67 bits per heavy atom. The maximum absolute atomic E-state index is 10.5. The summed E-state index contributed by atoms with van der Waals surface area (Å²) in [6, 6.07) is 0. The third kappa shape index (κ3) is 4.25. The van der Waals surface area contributed by atoms with Crippen LogP contribution in [0, 0.1) is 6.92 Å². The Morgan fingerprint density at radius 2 is 2.20 bits per heavy atom. The zero-order valence-corrected chi connectivity index (χ0v) is 9.99. The number of hydrogen-bond acceptors (Lipinski definition) is 3. The minimum atomic E-state index is 0.664. The van der Waals surface area contributed by atoms with Crippen LogP contribution >= 0.6 is 0 Å². The van der Waals surface area contributed by atoms with Crippen LogP contribution in [0.4, 0.5) is 0 Å². The van der Waals surface area contributed by atoms with Crippen molar-refractivity contribution in [2.75, 3.05) is 13.7 Å². The molecule has 0 unspecified atom stereocenters. The minimum Gasteiger partial charge on any atom is -0.385 e. The van der Waals surface area contributed by atoms with Crippen LogP contribution in [0.2, 0.25) is 0 Å². The average molecular weight is 212 g/mol. The number of aldehydes is 1. The van der Waals surface area contributed by atoms with Crippen LogP contribution in [0.5, 0.6) is 0 Å². The number of nitrogens with zero attached hydrogens (tertiary/aromatic N) is 2. The highest BCUT2D eigenvalue weighted by atomic mass is 16.5. The van der Waals surface area contributed by atoms with Crippen molar-refractivity contribution in [2.45, 2.75) is 33.7 Å². The first-order valence-corrected chi connectivity index (χ1v) is 5.26. The van der Waals surface area contributed by atoms with E-state index in [1.54, 1.807) is 13.3 Å². The lowest BCUT2D eigenvalue weighted by molar-refractivity contribution is 0.112. The Bertz CT molecular complexity index is 282. The van der Waals surface area contributed by atoms with Gasteiger partial charge in [0.05, 0.1) is 11.8 Å². The molecule has 0 saturated carbocycles. The molecule has 0 radical (unpaired) electrons. The summed E-state index contributed by atoms with van der Waals surface area (Å²) in [6.45, 7) is 7.41. The minimum absolute atomic E-state index is 0.664. The lowest BCUT2D eigenvalue weighted by atomic mass is 10.3. The topological polar surface area (TPSA) is 44.1 Å². The van der Waals surface area contributed by atoms with E-state index in [9.17, 15) is 4.79 Å². The molecule has 4 heteroatoms. The zero-order valence-electron chi connectivity index (χ0n) is 9.99. The van der Waals surface area contributed by atoms with E-state index in [4.69, 9.17) is 4.74 Å². The van der Waals surface area contributed by atoms with Crippen molar-refractivity contribution in [3.63, 3.8) is 0 Å². The number of methoxy groups -OCH3 is 1. The second kappa shape index (κ2) is 8.17. The lowest BCUT2D eigenvalue weighted by Crippen LogP contribution is -2.05. The molecule has 0 spiro atoms. The highest BCUT2D eigenvalue weighted by Crippen LogP contribution is 2.04. The Hall–Kier alpha value is -1.16. The van der Waals surface area contributed by atoms with E-state index in [-0.39, 0.29) is 0 Å². The molecule has 4 nitrogen and oxygen atoms in total. The smallest absolute Gasteiger partial charge is 0.153 e. The van der Waals surface area contributed by atoms with Crippen molar-refractivity contribution in [2.24, 2.45) is 0 Å². The van der Waals surface area contributed by atoms with E-state index in [0.29, 0.717) is 5.56 Å². The van der Waals surface area contributed by atoms with Gasteiger partial charge in [0.2, 0.25) is 0 Å². The van der Waals surface area contributed by atoms with Crippen molar-refractivity contribution >= 4 is 6.29 Å². The van der Waals surface area contributed by atoms with Crippen LogP contribution in [0.15, 0.2) is 6.20 Å². The summed E-state index contributed by atoms with van der Waals surface area (Å²) in [5, 5.41) is 4.09. The van der Waals surface area contributed by atoms with E-state index < -0.39 is 0 Å². The number of ether oxygens (including phenoxy) is 1. The molecule has 0 aliphatic carbocycles. The van der Waals surface area contributed by atoms with E-state index in [1.165, 1.54) is 0 Å². The molecule has 86 valence electrons. The maximum atomic E-state index is 10.5. The Kier molecular flexibility index (Phi) is 7.54. The van der Waals surface area contributed by atoms with Gasteiger partial charge in [0, 0.05) is 26.0 Å². The molecule has 0 aliphatic heterocycles. The summed E-state index contributed by atoms with van der Waals surface area (Å²) in [7, 11) is 1.67. The third-order valence-corrected chi connectivity index (χ3v) is 1.99. The van der Waals surface area contributed by atoms with Gasteiger partial charge in [-0.2, -0.15) is 5.10 Å². The summed E-state index contributed by atoms with van der Waals surface area (Å²) in [5.41, 5.74) is 1.59. The van der Waals surface area contributed by atoms with Crippen LogP contribution in [0.25, 0.3) is 0 Å². The number of carbonyl (C=O) groups excluding carboxylic acids is 1. The summed E-state index contributed by atoms with van der Waals surface area (Å²) in [5.74, 6) is 0. The molecule has 0 fully saturated rings. The van der Waals surface area contributed by atoms with Crippen molar-refractivity contribution in [1.82, 2.24) is 9.78 Å². The number of aromatic nitrogens is 2. The van der Waals surface area contributed by atoms with Crippen molar-refractivity contribution in [3.05, 3.63) is 17.5 Å². The Balaban J connectivity index is 0.000000921. The largest absolute Gasteiger partial charge is 0.385 e. The average Bonchev–Trinajstić information content (AvgIpc) is 2.63. The molecular weight excluding hydrogens is 192 g/mol. The first-order valence-electron chi connectivity index (χ1n) is 5.26. The summed E-state index contributed by atoms with van der Waals surface area (Å²) in [4.78, 5) is 10.5. The fraction of sp³-hybridized carbons (Fsp3) is 0.636. The Labute approximate surface area is 91.2 Å². The summed E-state index contributed by atoms with van der Waals surface area (Å²) < 4.78 is 6.75. The van der Waals surface area contributed by atoms with Gasteiger partial charge in [-0.25, -0.2) is 0 Å². The predicted molar refractivity (Wildman–Crippen MR) is 60.2 cm³/mol. The van der Waals surface area contributed by atoms with Crippen molar-refractivity contribution in [1.29, 1.82) is 0 Å². The SMILES string of the molecule is CC.COCCCn1ncc(C=O)c1C. The second-order valence-corrected chi connectivity index (χ2v) is 2.87. The standard InChI is InChI=1S/C9H14N2O2.C2H6/c1-8-9(7-12)6-10-11(8)4-3-5-13-2;1-2/h6-7H,3-5H2,1-2H3;1-2H3. The quantitative estimate of drug-likeness (QED) is 0.554. The molecule has 0 aliphatic rings. The van der Waals surface area contributed by atoms with Crippen LogP contribution in [0.3, 0.4) is 0 Å². The van der Waals surface area contributed by atoms with Crippen LogP contribution < -0.4 is 0 Å². The zero-order chi connectivity index (χ0) is 11.7. The number of rotatable bonds is 5. The normalized spacial score (nSPS) is 9.33. The van der Waals surface area contributed by atoms with Gasteiger partial charge in [-0.3, -0.25) is 9.48 Å². The molecule has 1 aromatic rings. The van der Waals surface area contributed by atoms with Gasteiger partial charge in [-0.15, -0.1) is 0 Å². The molecule has 0 aromatic carbocycles. The molecule has 1 rings (SSSR count). The first-order chi connectivity index (χ1) is 7.29. The van der Waals surface area contributed by atoms with Gasteiger partial charge in [-0.05, 0) is 13.3 Å². The number of hydrogen-bond donors (Lipinski definition) is 0. The highest BCUT2D eigenvalue weighted by Gasteiger charge is 2.03. The third-order valence-electron chi connectivity index (χ3n) is 1.99. The molecule has 1 aromatic heterocycles. The second-order valence-electron chi connectivity index (χ2n) is 2.87. The van der Waals surface area contributed by atoms with Crippen LogP contribution in [-0.2, 0) is 11.3 Å². The van der Waals surface area contributed by atoms with Crippen molar-refractivity contribution in [3.8, 4) is 0 Å². The van der Waals surface area contributed by atoms with Crippen LogP contribution in [-0.4, -0.2) is 29.8 Å². The van der Waals surface area contributed by atoms with Gasteiger partial charge >= 0.3 is 0 Å². The predicted octanol–water partition coefficient (Wildman–Crippen LogP) is 2.07. The van der Waals surface area contributed by atoms with E-state index >= 15 is 0 Å². The van der Waals surface area contributed by atoms with E-state index in [0.717, 1.165) is 31.6 Å². The molecule has 0 bridgehead atoms. The van der Waals surface area contributed by atoms with Gasteiger partial charge in [-0.1, -0.05) is 13.8 Å². The first kappa shape index (κ1) is 13.8. The number of carbonyl (C=O) groups is 1. The van der Waals surface area contributed by atoms with Gasteiger partial charge in [0.25, 0.3) is 0 Å². The molecule has 0 amide bonds. The molecule has 0 saturated heterocycles. The van der Waals surface area contributed by atoms with E-state index in [1.807, 2.05) is 25.5 Å². The summed E-state index contributed by atoms with van der Waals surface area (Å²) >= 11 is 0. The van der Waals surface area contributed by atoms with Gasteiger partial charge < -0.3 is 4.74 Å². The van der Waals surface area contributed by atoms with Crippen molar-refractivity contribution < 1.29 is 9.53 Å². The maximum Gasteiger partial charge on any atom is 0.153 e. The monoisotopic (exact) mass is 212 g/mol. The molecular formula is C11H20N2O2. The fourth-order valence-electron chi connectivity index (χ4n) is 1.16. The van der Waals surface area contributed by atoms with Crippen LogP contribution in [0.1, 0.15) is 36.3 Å². The number of aryl methyl sites for hydroxylation is 1. The summed E-state index contributed by atoms with van der Waals surface area (Å²) in [6.07, 6.45) is 3.33. The lowest BCUT2D eigenvalue weighted by Gasteiger charge is -2.03.